The molecule has 1 amide bonds. The first kappa shape index (κ1) is 25.3. The number of pyridine rings is 1. The van der Waals surface area contributed by atoms with Crippen molar-refractivity contribution in [1.29, 1.82) is 0 Å². The highest BCUT2D eigenvalue weighted by molar-refractivity contribution is 6.06. The van der Waals surface area contributed by atoms with Gasteiger partial charge in [-0.15, -0.1) is 0 Å². The lowest BCUT2D eigenvalue weighted by Crippen LogP contribution is -2.31. The Kier molecular flexibility index (Phi) is 8.28. The summed E-state index contributed by atoms with van der Waals surface area (Å²) in [5.41, 5.74) is 3.63. The van der Waals surface area contributed by atoms with Crippen molar-refractivity contribution in [2.24, 2.45) is 0 Å². The van der Waals surface area contributed by atoms with Crippen molar-refractivity contribution < 1.29 is 14.3 Å². The Morgan fingerprint density at radius 1 is 0.972 bits per heavy atom. The van der Waals surface area contributed by atoms with Crippen molar-refractivity contribution in [3.8, 4) is 11.5 Å². The maximum atomic E-state index is 12.8. The van der Waals surface area contributed by atoms with Crippen LogP contribution in [0.5, 0.6) is 11.5 Å². The van der Waals surface area contributed by atoms with E-state index in [1.807, 2.05) is 12.1 Å². The van der Waals surface area contributed by atoms with E-state index in [2.05, 4.69) is 63.4 Å². The molecule has 0 unspecified atom stereocenters. The normalized spacial score (nSPS) is 14.2. The van der Waals surface area contributed by atoms with Crippen molar-refractivity contribution in [2.45, 2.75) is 13.0 Å². The molecule has 8 heteroatoms. The van der Waals surface area contributed by atoms with Gasteiger partial charge in [0.2, 0.25) is 0 Å². The molecule has 1 aromatic heterocycles. The maximum Gasteiger partial charge on any atom is 0.259 e. The fourth-order valence-electron chi connectivity index (χ4n) is 4.35. The second-order valence-corrected chi connectivity index (χ2v) is 9.10. The summed E-state index contributed by atoms with van der Waals surface area (Å²) in [6.07, 6.45) is 2.78. The number of nitrogens with zero attached hydrogens (tertiary/aromatic N) is 4. The summed E-state index contributed by atoms with van der Waals surface area (Å²) in [6, 6.07) is 17.8. The molecule has 1 saturated heterocycles. The van der Waals surface area contributed by atoms with Gasteiger partial charge in [0.25, 0.3) is 5.91 Å². The third kappa shape index (κ3) is 6.26. The standard InChI is InChI=1S/C28H35N5O3/c1-31(2)23-9-6-21(7-10-23)20-32-14-5-15-33(17-16-32)27-13-8-22(19-29-27)30-28(34)25-12-11-24(35-3)18-26(25)36-4/h6-13,18-19H,5,14-17,20H2,1-4H3,(H,30,34). The summed E-state index contributed by atoms with van der Waals surface area (Å²) >= 11 is 0. The number of carbonyl (C=O) groups excluding carboxylic acids is 1. The minimum absolute atomic E-state index is 0.256. The maximum absolute atomic E-state index is 12.8. The molecule has 190 valence electrons. The van der Waals surface area contributed by atoms with Gasteiger partial charge in [-0.3, -0.25) is 9.69 Å². The van der Waals surface area contributed by atoms with Crippen LogP contribution in [0.2, 0.25) is 0 Å². The first-order valence-electron chi connectivity index (χ1n) is 12.2. The smallest absolute Gasteiger partial charge is 0.259 e. The number of aromatic nitrogens is 1. The summed E-state index contributed by atoms with van der Waals surface area (Å²) in [5.74, 6) is 1.76. The van der Waals surface area contributed by atoms with Crippen molar-refractivity contribution in [3.63, 3.8) is 0 Å². The van der Waals surface area contributed by atoms with Crippen LogP contribution < -0.4 is 24.6 Å². The Balaban J connectivity index is 1.33. The lowest BCUT2D eigenvalue weighted by molar-refractivity contribution is 0.102. The topological polar surface area (TPSA) is 70.2 Å². The summed E-state index contributed by atoms with van der Waals surface area (Å²) in [7, 11) is 7.23. The predicted octanol–water partition coefficient (Wildman–Crippen LogP) is 4.13. The number of ether oxygens (including phenoxy) is 2. The van der Waals surface area contributed by atoms with Crippen molar-refractivity contribution in [2.75, 3.05) is 69.6 Å². The van der Waals surface area contributed by atoms with Gasteiger partial charge in [-0.1, -0.05) is 12.1 Å². The van der Waals surface area contributed by atoms with Crippen LogP contribution in [-0.2, 0) is 6.54 Å². The first-order chi connectivity index (χ1) is 17.5. The Bertz CT molecular complexity index is 1150. The van der Waals surface area contributed by atoms with Crippen LogP contribution in [0.4, 0.5) is 17.2 Å². The van der Waals surface area contributed by atoms with Gasteiger partial charge in [0.05, 0.1) is 31.7 Å². The number of hydrogen-bond acceptors (Lipinski definition) is 7. The van der Waals surface area contributed by atoms with Gasteiger partial charge in [0, 0.05) is 58.6 Å². The highest BCUT2D eigenvalue weighted by Gasteiger charge is 2.17. The summed E-state index contributed by atoms with van der Waals surface area (Å²) < 4.78 is 10.6. The molecule has 0 aliphatic carbocycles. The number of rotatable bonds is 8. The molecule has 2 aromatic carbocycles. The second-order valence-electron chi connectivity index (χ2n) is 9.10. The molecule has 1 N–H and O–H groups in total. The van der Waals surface area contributed by atoms with E-state index in [1.54, 1.807) is 31.5 Å². The molecule has 2 heterocycles. The van der Waals surface area contributed by atoms with E-state index >= 15 is 0 Å². The Hall–Kier alpha value is -3.78. The monoisotopic (exact) mass is 489 g/mol. The van der Waals surface area contributed by atoms with Gasteiger partial charge in [-0.05, 0) is 48.4 Å². The van der Waals surface area contributed by atoms with Crippen LogP contribution in [0.3, 0.4) is 0 Å². The van der Waals surface area contributed by atoms with Crippen LogP contribution in [0, 0.1) is 0 Å². The predicted molar refractivity (Wildman–Crippen MR) is 145 cm³/mol. The molecule has 1 fully saturated rings. The lowest BCUT2D eigenvalue weighted by Gasteiger charge is -2.23. The number of methoxy groups -OCH3 is 2. The minimum atomic E-state index is -0.256. The highest BCUT2D eigenvalue weighted by atomic mass is 16.5. The minimum Gasteiger partial charge on any atom is -0.497 e. The van der Waals surface area contributed by atoms with Gasteiger partial charge in [-0.2, -0.15) is 0 Å². The molecule has 0 saturated carbocycles. The SMILES string of the molecule is COc1ccc(C(=O)Nc2ccc(N3CCCN(Cc4ccc(N(C)C)cc4)CC3)nc2)c(OC)c1. The van der Waals surface area contributed by atoms with Crippen molar-refractivity contribution in [1.82, 2.24) is 9.88 Å². The third-order valence-corrected chi connectivity index (χ3v) is 6.43. The van der Waals surface area contributed by atoms with Gasteiger partial charge in [0.1, 0.15) is 17.3 Å². The molecule has 36 heavy (non-hydrogen) atoms. The van der Waals surface area contributed by atoms with Crippen LogP contribution in [0.15, 0.2) is 60.8 Å². The van der Waals surface area contributed by atoms with E-state index in [-0.39, 0.29) is 5.91 Å². The average molecular weight is 490 g/mol. The number of carbonyl (C=O) groups is 1. The van der Waals surface area contributed by atoms with Crippen LogP contribution >= 0.6 is 0 Å². The molecule has 0 spiro atoms. The molecule has 1 aliphatic heterocycles. The second kappa shape index (κ2) is 11.8. The number of benzene rings is 2. The van der Waals surface area contributed by atoms with E-state index in [4.69, 9.17) is 9.47 Å². The Labute approximate surface area is 213 Å². The zero-order valence-electron chi connectivity index (χ0n) is 21.5. The Morgan fingerprint density at radius 3 is 2.44 bits per heavy atom. The van der Waals surface area contributed by atoms with E-state index in [1.165, 1.54) is 18.4 Å². The Morgan fingerprint density at radius 2 is 1.78 bits per heavy atom. The van der Waals surface area contributed by atoms with E-state index in [0.29, 0.717) is 22.7 Å². The zero-order valence-corrected chi connectivity index (χ0v) is 21.5. The van der Waals surface area contributed by atoms with Gasteiger partial charge in [-0.25, -0.2) is 4.98 Å². The number of anilines is 3. The fourth-order valence-corrected chi connectivity index (χ4v) is 4.35. The first-order valence-corrected chi connectivity index (χ1v) is 12.2. The quantitative estimate of drug-likeness (QED) is 0.510. The number of nitrogens with one attached hydrogen (secondary N) is 1. The van der Waals surface area contributed by atoms with Crippen LogP contribution in [-0.4, -0.2) is 70.3 Å². The zero-order chi connectivity index (χ0) is 25.5. The third-order valence-electron chi connectivity index (χ3n) is 6.43. The molecule has 1 aliphatic rings. The van der Waals surface area contributed by atoms with Gasteiger partial charge < -0.3 is 24.6 Å². The molecular formula is C28H35N5O3. The molecule has 0 bridgehead atoms. The molecule has 8 nitrogen and oxygen atoms in total. The molecule has 0 atom stereocenters. The summed E-state index contributed by atoms with van der Waals surface area (Å²) in [6.45, 7) is 4.86. The lowest BCUT2D eigenvalue weighted by atomic mass is 10.1. The summed E-state index contributed by atoms with van der Waals surface area (Å²) in [4.78, 5) is 24.4. The van der Waals surface area contributed by atoms with Gasteiger partial charge >= 0.3 is 0 Å². The molecule has 4 rings (SSSR count). The summed E-state index contributed by atoms with van der Waals surface area (Å²) in [5, 5.41) is 2.91. The van der Waals surface area contributed by atoms with Crippen molar-refractivity contribution in [3.05, 3.63) is 71.9 Å². The van der Waals surface area contributed by atoms with Crippen LogP contribution in [0.1, 0.15) is 22.3 Å². The fraction of sp³-hybridized carbons (Fsp3) is 0.357. The van der Waals surface area contributed by atoms with E-state index < -0.39 is 0 Å². The number of hydrogen-bond donors (Lipinski definition) is 1. The van der Waals surface area contributed by atoms with Crippen molar-refractivity contribution >= 4 is 23.1 Å². The molecule has 3 aromatic rings. The van der Waals surface area contributed by atoms with E-state index in [0.717, 1.165) is 45.0 Å². The van der Waals surface area contributed by atoms with Gasteiger partial charge in [0.15, 0.2) is 0 Å². The highest BCUT2D eigenvalue weighted by Crippen LogP contribution is 2.26. The number of amides is 1. The molecule has 0 radical (unpaired) electrons. The van der Waals surface area contributed by atoms with Crippen LogP contribution in [0.25, 0.3) is 0 Å². The molecular weight excluding hydrogens is 454 g/mol. The average Bonchev–Trinajstić information content (AvgIpc) is 3.14. The largest absolute Gasteiger partial charge is 0.497 e. The van der Waals surface area contributed by atoms with E-state index in [9.17, 15) is 4.79 Å².